The Kier molecular flexibility index (Phi) is 7.63. The van der Waals surface area contributed by atoms with E-state index in [0.29, 0.717) is 6.42 Å². The van der Waals surface area contributed by atoms with Crippen molar-refractivity contribution in [3.63, 3.8) is 0 Å². The molecule has 0 fully saturated rings. The van der Waals surface area contributed by atoms with Crippen LogP contribution in [0.3, 0.4) is 0 Å². The SMILES string of the molecule is CCN(CCCO)CCCC(=N)N. The largest absolute Gasteiger partial charge is 0.396 e. The lowest BCUT2D eigenvalue weighted by atomic mass is 10.2. The first-order valence-electron chi connectivity index (χ1n) is 4.86. The molecule has 4 nitrogen and oxygen atoms in total. The Morgan fingerprint density at radius 3 is 2.46 bits per heavy atom. The Morgan fingerprint density at radius 1 is 1.38 bits per heavy atom. The average Bonchev–Trinajstić information content (AvgIpc) is 2.10. The van der Waals surface area contributed by atoms with E-state index in [0.717, 1.165) is 32.5 Å². The van der Waals surface area contributed by atoms with Gasteiger partial charge < -0.3 is 15.7 Å². The minimum Gasteiger partial charge on any atom is -0.396 e. The zero-order valence-corrected chi connectivity index (χ0v) is 8.42. The number of aliphatic hydroxyl groups excluding tert-OH is 1. The van der Waals surface area contributed by atoms with Crippen molar-refractivity contribution in [2.45, 2.75) is 26.2 Å². The van der Waals surface area contributed by atoms with Crippen LogP contribution in [-0.2, 0) is 0 Å². The van der Waals surface area contributed by atoms with Crippen LogP contribution in [0.2, 0.25) is 0 Å². The third-order valence-electron chi connectivity index (χ3n) is 2.00. The molecule has 13 heavy (non-hydrogen) atoms. The number of hydrogen-bond donors (Lipinski definition) is 3. The van der Waals surface area contributed by atoms with Crippen LogP contribution in [0.5, 0.6) is 0 Å². The maximum atomic E-state index is 8.64. The van der Waals surface area contributed by atoms with Crippen LogP contribution < -0.4 is 5.73 Å². The summed E-state index contributed by atoms with van der Waals surface area (Å²) in [6.45, 7) is 5.26. The number of amidine groups is 1. The molecule has 0 unspecified atom stereocenters. The van der Waals surface area contributed by atoms with E-state index in [-0.39, 0.29) is 12.4 Å². The molecular weight excluding hydrogens is 166 g/mol. The Labute approximate surface area is 80.2 Å². The monoisotopic (exact) mass is 187 g/mol. The third-order valence-corrected chi connectivity index (χ3v) is 2.00. The Bertz CT molecular complexity index is 139. The molecule has 4 N–H and O–H groups in total. The third kappa shape index (κ3) is 7.74. The van der Waals surface area contributed by atoms with Crippen molar-refractivity contribution in [3.8, 4) is 0 Å². The topological polar surface area (TPSA) is 73.3 Å². The van der Waals surface area contributed by atoms with Crippen LogP contribution in [0.25, 0.3) is 0 Å². The summed E-state index contributed by atoms with van der Waals surface area (Å²) in [5.41, 5.74) is 5.25. The highest BCUT2D eigenvalue weighted by Crippen LogP contribution is 1.96. The van der Waals surface area contributed by atoms with E-state index in [1.54, 1.807) is 0 Å². The lowest BCUT2D eigenvalue weighted by Crippen LogP contribution is -2.27. The Morgan fingerprint density at radius 2 is 2.00 bits per heavy atom. The van der Waals surface area contributed by atoms with Gasteiger partial charge in [-0.25, -0.2) is 0 Å². The second-order valence-corrected chi connectivity index (χ2v) is 3.14. The van der Waals surface area contributed by atoms with Gasteiger partial charge in [0.1, 0.15) is 0 Å². The summed E-state index contributed by atoms with van der Waals surface area (Å²) < 4.78 is 0. The van der Waals surface area contributed by atoms with E-state index in [1.807, 2.05) is 0 Å². The van der Waals surface area contributed by atoms with Gasteiger partial charge in [0.15, 0.2) is 0 Å². The van der Waals surface area contributed by atoms with E-state index in [2.05, 4.69) is 11.8 Å². The van der Waals surface area contributed by atoms with Crippen LogP contribution in [0.15, 0.2) is 0 Å². The summed E-state index contributed by atoms with van der Waals surface area (Å²) in [7, 11) is 0. The second kappa shape index (κ2) is 8.01. The van der Waals surface area contributed by atoms with Gasteiger partial charge in [0, 0.05) is 19.6 Å². The first-order valence-corrected chi connectivity index (χ1v) is 4.86. The molecule has 0 heterocycles. The summed E-state index contributed by atoms with van der Waals surface area (Å²) in [5.74, 6) is 0.262. The standard InChI is InChI=1S/C9H21N3O/c1-2-12(7-4-8-13)6-3-5-9(10)11/h13H,2-8H2,1H3,(H3,10,11). The number of nitrogens with zero attached hydrogens (tertiary/aromatic N) is 1. The molecule has 0 amide bonds. The van der Waals surface area contributed by atoms with E-state index >= 15 is 0 Å². The molecule has 0 rings (SSSR count). The molecule has 78 valence electrons. The van der Waals surface area contributed by atoms with Gasteiger partial charge in [-0.1, -0.05) is 6.92 Å². The molecule has 0 atom stereocenters. The molecule has 0 saturated carbocycles. The highest BCUT2D eigenvalue weighted by Gasteiger charge is 2.01. The second-order valence-electron chi connectivity index (χ2n) is 3.14. The van der Waals surface area contributed by atoms with Crippen molar-refractivity contribution in [3.05, 3.63) is 0 Å². The van der Waals surface area contributed by atoms with Gasteiger partial charge in [0.05, 0.1) is 5.84 Å². The summed E-state index contributed by atoms with van der Waals surface area (Å²) in [5, 5.41) is 15.7. The van der Waals surface area contributed by atoms with Gasteiger partial charge in [0.25, 0.3) is 0 Å². The summed E-state index contributed by atoms with van der Waals surface area (Å²) in [4.78, 5) is 2.26. The molecule has 0 spiro atoms. The van der Waals surface area contributed by atoms with Crippen molar-refractivity contribution < 1.29 is 5.11 Å². The molecule has 0 aliphatic heterocycles. The molecule has 0 bridgehead atoms. The first-order chi connectivity index (χ1) is 6.20. The normalized spacial score (nSPS) is 10.7. The molecule has 0 saturated heterocycles. The fourth-order valence-electron chi connectivity index (χ4n) is 1.22. The lowest BCUT2D eigenvalue weighted by Gasteiger charge is -2.19. The van der Waals surface area contributed by atoms with Crippen molar-refractivity contribution in [2.24, 2.45) is 5.73 Å². The Hall–Kier alpha value is -0.610. The molecule has 0 aliphatic carbocycles. The van der Waals surface area contributed by atoms with Crippen LogP contribution >= 0.6 is 0 Å². The zero-order chi connectivity index (χ0) is 10.1. The highest BCUT2D eigenvalue weighted by atomic mass is 16.3. The quantitative estimate of drug-likeness (QED) is 0.380. The smallest absolute Gasteiger partial charge is 0.0905 e. The van der Waals surface area contributed by atoms with Crippen molar-refractivity contribution in [1.29, 1.82) is 5.41 Å². The minimum atomic E-state index is 0.253. The summed E-state index contributed by atoms with van der Waals surface area (Å²) in [6.07, 6.45) is 2.44. The van der Waals surface area contributed by atoms with E-state index in [4.69, 9.17) is 16.2 Å². The maximum Gasteiger partial charge on any atom is 0.0905 e. The number of nitrogens with two attached hydrogens (primary N) is 1. The molecule has 0 aromatic heterocycles. The number of nitrogens with one attached hydrogen (secondary N) is 1. The molecular formula is C9H21N3O. The van der Waals surface area contributed by atoms with Gasteiger partial charge in [-0.2, -0.15) is 0 Å². The van der Waals surface area contributed by atoms with Crippen molar-refractivity contribution in [2.75, 3.05) is 26.2 Å². The average molecular weight is 187 g/mol. The van der Waals surface area contributed by atoms with E-state index in [9.17, 15) is 0 Å². The number of hydrogen-bond acceptors (Lipinski definition) is 3. The molecule has 0 aromatic rings. The predicted molar refractivity (Wildman–Crippen MR) is 55.0 cm³/mol. The fourth-order valence-corrected chi connectivity index (χ4v) is 1.22. The van der Waals surface area contributed by atoms with Crippen molar-refractivity contribution in [1.82, 2.24) is 4.90 Å². The summed E-state index contributed by atoms with van der Waals surface area (Å²) >= 11 is 0. The minimum absolute atomic E-state index is 0.253. The lowest BCUT2D eigenvalue weighted by molar-refractivity contribution is 0.229. The van der Waals surface area contributed by atoms with E-state index < -0.39 is 0 Å². The number of rotatable bonds is 8. The maximum absolute atomic E-state index is 8.64. The van der Waals surface area contributed by atoms with Gasteiger partial charge >= 0.3 is 0 Å². The molecule has 0 aromatic carbocycles. The molecule has 4 heteroatoms. The highest BCUT2D eigenvalue weighted by molar-refractivity contribution is 5.76. The van der Waals surface area contributed by atoms with Crippen LogP contribution in [-0.4, -0.2) is 42.1 Å². The fraction of sp³-hybridized carbons (Fsp3) is 0.889. The van der Waals surface area contributed by atoms with Gasteiger partial charge in [-0.15, -0.1) is 0 Å². The molecule has 0 radical (unpaired) electrons. The van der Waals surface area contributed by atoms with Crippen LogP contribution in [0.4, 0.5) is 0 Å². The molecule has 0 aliphatic rings. The first kappa shape index (κ1) is 12.4. The van der Waals surface area contributed by atoms with E-state index in [1.165, 1.54) is 0 Å². The predicted octanol–water partition coefficient (Wildman–Crippen LogP) is 0.407. The zero-order valence-electron chi connectivity index (χ0n) is 8.42. The Balaban J connectivity index is 3.41. The van der Waals surface area contributed by atoms with Crippen LogP contribution in [0, 0.1) is 5.41 Å². The van der Waals surface area contributed by atoms with Gasteiger partial charge in [-0.05, 0) is 25.9 Å². The van der Waals surface area contributed by atoms with Gasteiger partial charge in [0.2, 0.25) is 0 Å². The van der Waals surface area contributed by atoms with Crippen molar-refractivity contribution >= 4 is 5.84 Å². The summed E-state index contributed by atoms with van der Waals surface area (Å²) in [6, 6.07) is 0. The van der Waals surface area contributed by atoms with Crippen LogP contribution in [0.1, 0.15) is 26.2 Å². The van der Waals surface area contributed by atoms with Gasteiger partial charge in [-0.3, -0.25) is 5.41 Å². The number of aliphatic hydroxyl groups is 1.